The summed E-state index contributed by atoms with van der Waals surface area (Å²) in [6.45, 7) is 6.15. The van der Waals surface area contributed by atoms with Crippen molar-refractivity contribution in [3.8, 4) is 11.3 Å². The second-order valence-corrected chi connectivity index (χ2v) is 6.10. The van der Waals surface area contributed by atoms with Gasteiger partial charge in [-0.2, -0.15) is 4.98 Å². The van der Waals surface area contributed by atoms with Gasteiger partial charge in [0.2, 0.25) is 5.91 Å². The topological polar surface area (TPSA) is 94.7 Å². The lowest BCUT2D eigenvalue weighted by Gasteiger charge is -2.09. The number of hydrogen-bond acceptors (Lipinski definition) is 5. The van der Waals surface area contributed by atoms with E-state index in [-0.39, 0.29) is 11.6 Å². The first-order valence-corrected chi connectivity index (χ1v) is 8.25. The number of carbonyl (C=O) groups excluding carboxylic acids is 1. The Kier molecular flexibility index (Phi) is 4.92. The Morgan fingerprint density at radius 1 is 1.15 bits per heavy atom. The lowest BCUT2D eigenvalue weighted by molar-refractivity contribution is -0.114. The van der Waals surface area contributed by atoms with Gasteiger partial charge in [-0.3, -0.25) is 14.0 Å². The first-order valence-electron chi connectivity index (χ1n) is 8.25. The molecule has 1 N–H and O–H groups in total. The van der Waals surface area contributed by atoms with Gasteiger partial charge >= 0.3 is 5.69 Å². The maximum Gasteiger partial charge on any atom is 0.348 e. The maximum absolute atomic E-state index is 12.0. The van der Waals surface area contributed by atoms with Crippen LogP contribution >= 0.6 is 0 Å². The van der Waals surface area contributed by atoms with Gasteiger partial charge in [0.15, 0.2) is 0 Å². The molecule has 0 aliphatic rings. The lowest BCUT2D eigenvalue weighted by atomic mass is 10.1. The molecule has 0 aliphatic carbocycles. The van der Waals surface area contributed by atoms with Crippen LogP contribution in [-0.2, 0) is 17.9 Å². The van der Waals surface area contributed by atoms with Crippen LogP contribution < -0.4 is 11.0 Å². The van der Waals surface area contributed by atoms with Crippen LogP contribution in [0, 0.1) is 13.8 Å². The van der Waals surface area contributed by atoms with Crippen molar-refractivity contribution < 1.29 is 4.79 Å². The molecule has 2 aromatic heterocycles. The van der Waals surface area contributed by atoms with Crippen molar-refractivity contribution in [3.05, 3.63) is 58.4 Å². The first-order chi connectivity index (χ1) is 12.4. The Bertz CT molecular complexity index is 988. The average molecular weight is 352 g/mol. The summed E-state index contributed by atoms with van der Waals surface area (Å²) in [6.07, 6.45) is 1.83. The molecule has 0 spiro atoms. The molecule has 3 rings (SSSR count). The molecule has 134 valence electrons. The molecule has 0 atom stereocenters. The normalized spacial score (nSPS) is 10.7. The fourth-order valence-electron chi connectivity index (χ4n) is 2.72. The molecule has 26 heavy (non-hydrogen) atoms. The molecule has 0 saturated heterocycles. The van der Waals surface area contributed by atoms with E-state index in [0.717, 1.165) is 28.3 Å². The SMILES string of the molecule is CC(=O)Nc1ccc(-c2cn(CCn3c(C)cc(C)nc3=O)nn2)cc1. The zero-order valence-electron chi connectivity index (χ0n) is 14.9. The number of amides is 1. The van der Waals surface area contributed by atoms with Gasteiger partial charge in [0.1, 0.15) is 5.69 Å². The highest BCUT2D eigenvalue weighted by molar-refractivity contribution is 5.88. The summed E-state index contributed by atoms with van der Waals surface area (Å²) in [5.74, 6) is -0.111. The summed E-state index contributed by atoms with van der Waals surface area (Å²) in [6, 6.07) is 9.26. The molecule has 8 nitrogen and oxygen atoms in total. The quantitative estimate of drug-likeness (QED) is 0.755. The van der Waals surface area contributed by atoms with Crippen LogP contribution in [0.25, 0.3) is 11.3 Å². The van der Waals surface area contributed by atoms with Crippen LogP contribution in [0.1, 0.15) is 18.3 Å². The minimum Gasteiger partial charge on any atom is -0.326 e. The second-order valence-electron chi connectivity index (χ2n) is 6.10. The van der Waals surface area contributed by atoms with Crippen molar-refractivity contribution >= 4 is 11.6 Å². The summed E-state index contributed by atoms with van der Waals surface area (Å²) in [4.78, 5) is 27.0. The minimum atomic E-state index is -0.253. The van der Waals surface area contributed by atoms with Crippen LogP contribution in [-0.4, -0.2) is 30.5 Å². The molecule has 1 aromatic carbocycles. The van der Waals surface area contributed by atoms with Gasteiger partial charge in [-0.1, -0.05) is 17.3 Å². The molecule has 0 saturated carbocycles. The van der Waals surface area contributed by atoms with E-state index in [4.69, 9.17) is 0 Å². The van der Waals surface area contributed by atoms with Crippen LogP contribution in [0.4, 0.5) is 5.69 Å². The third-order valence-corrected chi connectivity index (χ3v) is 3.94. The Morgan fingerprint density at radius 2 is 1.88 bits per heavy atom. The summed E-state index contributed by atoms with van der Waals surface area (Å²) in [7, 11) is 0. The first kappa shape index (κ1) is 17.5. The number of aromatic nitrogens is 5. The Hall–Kier alpha value is -3.29. The zero-order valence-corrected chi connectivity index (χ0v) is 14.9. The van der Waals surface area contributed by atoms with Gasteiger partial charge in [-0.25, -0.2) is 4.79 Å². The lowest BCUT2D eigenvalue weighted by Crippen LogP contribution is -2.27. The standard InChI is InChI=1S/C18H20N6O2/c1-12-10-13(2)24(18(26)19-12)9-8-23-11-17(21-22-23)15-4-6-16(7-5-15)20-14(3)25/h4-7,10-11H,8-9H2,1-3H3,(H,20,25). The van der Waals surface area contributed by atoms with Gasteiger partial charge in [0.05, 0.1) is 12.7 Å². The number of benzene rings is 1. The number of anilines is 1. The highest BCUT2D eigenvalue weighted by atomic mass is 16.1. The maximum atomic E-state index is 12.0. The smallest absolute Gasteiger partial charge is 0.326 e. The van der Waals surface area contributed by atoms with Crippen molar-refractivity contribution in [2.45, 2.75) is 33.9 Å². The molecule has 8 heteroatoms. The summed E-state index contributed by atoms with van der Waals surface area (Å²) >= 11 is 0. The molecule has 2 heterocycles. The van der Waals surface area contributed by atoms with Crippen molar-refractivity contribution in [1.29, 1.82) is 0 Å². The Labute approximate surface area is 150 Å². The molecular formula is C18H20N6O2. The van der Waals surface area contributed by atoms with Gasteiger partial charge in [0, 0.05) is 36.1 Å². The summed E-state index contributed by atoms with van der Waals surface area (Å²) < 4.78 is 3.32. The molecule has 0 aliphatic heterocycles. The molecule has 3 aromatic rings. The molecule has 1 amide bonds. The highest BCUT2D eigenvalue weighted by Crippen LogP contribution is 2.19. The summed E-state index contributed by atoms with van der Waals surface area (Å²) in [5, 5.41) is 11.0. The molecule has 0 radical (unpaired) electrons. The van der Waals surface area contributed by atoms with Gasteiger partial charge < -0.3 is 5.32 Å². The molecule has 0 unspecified atom stereocenters. The van der Waals surface area contributed by atoms with E-state index in [1.807, 2.05) is 43.5 Å². The van der Waals surface area contributed by atoms with E-state index < -0.39 is 0 Å². The van der Waals surface area contributed by atoms with Crippen LogP contribution in [0.5, 0.6) is 0 Å². The van der Waals surface area contributed by atoms with Gasteiger partial charge in [0.25, 0.3) is 0 Å². The Morgan fingerprint density at radius 3 is 2.54 bits per heavy atom. The van der Waals surface area contributed by atoms with Crippen molar-refractivity contribution in [3.63, 3.8) is 0 Å². The van der Waals surface area contributed by atoms with Crippen LogP contribution in [0.3, 0.4) is 0 Å². The number of hydrogen-bond donors (Lipinski definition) is 1. The molecular weight excluding hydrogens is 332 g/mol. The van der Waals surface area contributed by atoms with Crippen LogP contribution in [0.15, 0.2) is 41.3 Å². The zero-order chi connectivity index (χ0) is 18.7. The largest absolute Gasteiger partial charge is 0.348 e. The van der Waals surface area contributed by atoms with Crippen LogP contribution in [0.2, 0.25) is 0 Å². The van der Waals surface area contributed by atoms with E-state index in [0.29, 0.717) is 13.1 Å². The van der Waals surface area contributed by atoms with Crippen molar-refractivity contribution in [2.75, 3.05) is 5.32 Å². The minimum absolute atomic E-state index is 0.111. The van der Waals surface area contributed by atoms with Crippen molar-refractivity contribution in [2.24, 2.45) is 0 Å². The summed E-state index contributed by atoms with van der Waals surface area (Å²) in [5.41, 5.74) is 3.69. The predicted octanol–water partition coefficient (Wildman–Crippen LogP) is 1.78. The number of aryl methyl sites for hydroxylation is 3. The van der Waals surface area contributed by atoms with Crippen molar-refractivity contribution in [1.82, 2.24) is 24.5 Å². The van der Waals surface area contributed by atoms with E-state index in [1.165, 1.54) is 6.92 Å². The monoisotopic (exact) mass is 352 g/mol. The molecule has 0 bridgehead atoms. The number of rotatable bonds is 5. The van der Waals surface area contributed by atoms with Gasteiger partial charge in [-0.05, 0) is 32.0 Å². The average Bonchev–Trinajstić information content (AvgIpc) is 3.03. The highest BCUT2D eigenvalue weighted by Gasteiger charge is 2.07. The second kappa shape index (κ2) is 7.30. The van der Waals surface area contributed by atoms with E-state index in [9.17, 15) is 9.59 Å². The fourth-order valence-corrected chi connectivity index (χ4v) is 2.72. The third kappa shape index (κ3) is 4.02. The number of nitrogens with zero attached hydrogens (tertiary/aromatic N) is 5. The third-order valence-electron chi connectivity index (χ3n) is 3.94. The van der Waals surface area contributed by atoms with E-state index in [1.54, 1.807) is 16.2 Å². The predicted molar refractivity (Wildman–Crippen MR) is 97.7 cm³/mol. The van der Waals surface area contributed by atoms with Gasteiger partial charge in [-0.15, -0.1) is 5.10 Å². The number of nitrogens with one attached hydrogen (secondary N) is 1. The fraction of sp³-hybridized carbons (Fsp3) is 0.278. The molecule has 0 fully saturated rings. The Balaban J connectivity index is 1.70. The van der Waals surface area contributed by atoms with E-state index in [2.05, 4.69) is 20.6 Å². The van der Waals surface area contributed by atoms with E-state index >= 15 is 0 Å². The number of carbonyl (C=O) groups is 1.